The Hall–Kier alpha value is -1.92. The highest BCUT2D eigenvalue weighted by molar-refractivity contribution is 5.80. The van der Waals surface area contributed by atoms with E-state index in [1.807, 2.05) is 11.5 Å². The Bertz CT molecular complexity index is 471. The molecule has 0 bridgehead atoms. The Kier molecular flexibility index (Phi) is 4.13. The lowest BCUT2D eigenvalue weighted by molar-refractivity contribution is -0.141. The summed E-state index contributed by atoms with van der Waals surface area (Å²) in [6, 6.07) is 0. The molecular formula is C12H18N4O3. The molecule has 1 aromatic heterocycles. The van der Waals surface area contributed by atoms with Crippen LogP contribution in [-0.4, -0.2) is 31.7 Å². The third-order valence-corrected chi connectivity index (χ3v) is 3.61. The standard InChI is InChI=1S/C12H18N4O3/c1-2-16-7-14-15-10(16)6-13-11(17)8-3-4-9(5-8)12(18)19/h7-9H,2-6H2,1H3,(H,13,17)(H,18,19)/t8-,9+/m1/s1. The third-order valence-electron chi connectivity index (χ3n) is 3.61. The van der Waals surface area contributed by atoms with Crippen molar-refractivity contribution in [2.45, 2.75) is 39.3 Å². The molecule has 1 aliphatic rings. The molecule has 1 heterocycles. The minimum Gasteiger partial charge on any atom is -0.481 e. The molecule has 0 unspecified atom stereocenters. The number of carboxylic acids is 1. The van der Waals surface area contributed by atoms with Crippen LogP contribution in [0.3, 0.4) is 0 Å². The van der Waals surface area contributed by atoms with Crippen LogP contribution in [0.5, 0.6) is 0 Å². The highest BCUT2D eigenvalue weighted by Crippen LogP contribution is 2.31. The molecule has 2 rings (SSSR count). The van der Waals surface area contributed by atoms with Gasteiger partial charge in [-0.25, -0.2) is 0 Å². The maximum Gasteiger partial charge on any atom is 0.306 e. The number of aryl methyl sites for hydroxylation is 1. The fourth-order valence-electron chi connectivity index (χ4n) is 2.43. The molecule has 7 nitrogen and oxygen atoms in total. The predicted molar refractivity (Wildman–Crippen MR) is 66.0 cm³/mol. The lowest BCUT2D eigenvalue weighted by atomic mass is 10.0. The monoisotopic (exact) mass is 266 g/mol. The van der Waals surface area contributed by atoms with E-state index in [0.717, 1.165) is 6.54 Å². The van der Waals surface area contributed by atoms with Gasteiger partial charge in [0.2, 0.25) is 5.91 Å². The Labute approximate surface area is 111 Å². The van der Waals surface area contributed by atoms with E-state index in [4.69, 9.17) is 5.11 Å². The number of hydrogen-bond acceptors (Lipinski definition) is 4. The maximum atomic E-state index is 11.9. The summed E-state index contributed by atoms with van der Waals surface area (Å²) >= 11 is 0. The van der Waals surface area contributed by atoms with Crippen molar-refractivity contribution in [2.24, 2.45) is 11.8 Å². The van der Waals surface area contributed by atoms with Gasteiger partial charge in [-0.05, 0) is 26.2 Å². The van der Waals surface area contributed by atoms with Gasteiger partial charge < -0.3 is 15.0 Å². The van der Waals surface area contributed by atoms with Crippen LogP contribution < -0.4 is 5.32 Å². The summed E-state index contributed by atoms with van der Waals surface area (Å²) in [7, 11) is 0. The predicted octanol–water partition coefficient (Wildman–Crippen LogP) is 0.415. The van der Waals surface area contributed by atoms with Crippen LogP contribution in [0, 0.1) is 11.8 Å². The van der Waals surface area contributed by atoms with Crippen molar-refractivity contribution in [3.05, 3.63) is 12.2 Å². The minimum absolute atomic E-state index is 0.0885. The van der Waals surface area contributed by atoms with E-state index in [-0.39, 0.29) is 17.7 Å². The van der Waals surface area contributed by atoms with Crippen molar-refractivity contribution in [3.8, 4) is 0 Å². The molecule has 2 N–H and O–H groups in total. The number of rotatable bonds is 5. The lowest BCUT2D eigenvalue weighted by Crippen LogP contribution is -2.30. The Morgan fingerprint density at radius 1 is 1.47 bits per heavy atom. The average molecular weight is 266 g/mol. The van der Waals surface area contributed by atoms with E-state index < -0.39 is 5.97 Å². The second-order valence-electron chi connectivity index (χ2n) is 4.80. The molecule has 1 aromatic rings. The number of aliphatic carboxylic acids is 1. The fraction of sp³-hybridized carbons (Fsp3) is 0.667. The van der Waals surface area contributed by atoms with Crippen LogP contribution in [0.15, 0.2) is 6.33 Å². The topological polar surface area (TPSA) is 97.1 Å². The van der Waals surface area contributed by atoms with Crippen molar-refractivity contribution < 1.29 is 14.7 Å². The molecule has 1 saturated carbocycles. The molecule has 0 spiro atoms. The first-order valence-electron chi connectivity index (χ1n) is 6.49. The van der Waals surface area contributed by atoms with Gasteiger partial charge in [-0.2, -0.15) is 0 Å². The molecule has 1 fully saturated rings. The van der Waals surface area contributed by atoms with Crippen LogP contribution in [-0.2, 0) is 22.7 Å². The molecule has 104 valence electrons. The summed E-state index contributed by atoms with van der Waals surface area (Å²) in [5.41, 5.74) is 0. The molecule has 19 heavy (non-hydrogen) atoms. The number of carbonyl (C=O) groups is 2. The first kappa shape index (κ1) is 13.5. The summed E-state index contributed by atoms with van der Waals surface area (Å²) in [4.78, 5) is 22.8. The molecule has 0 saturated heterocycles. The van der Waals surface area contributed by atoms with E-state index in [0.29, 0.717) is 31.6 Å². The SMILES string of the molecule is CCn1cnnc1CNC(=O)[C@@H]1CC[C@H](C(=O)O)C1. The molecule has 2 atom stereocenters. The summed E-state index contributed by atoms with van der Waals surface area (Å²) in [5.74, 6) is -0.756. The zero-order valence-corrected chi connectivity index (χ0v) is 10.9. The first-order chi connectivity index (χ1) is 9.11. The van der Waals surface area contributed by atoms with Gasteiger partial charge in [-0.3, -0.25) is 9.59 Å². The smallest absolute Gasteiger partial charge is 0.306 e. The van der Waals surface area contributed by atoms with Gasteiger partial charge in [0.05, 0.1) is 12.5 Å². The van der Waals surface area contributed by atoms with Crippen molar-refractivity contribution in [3.63, 3.8) is 0 Å². The third kappa shape index (κ3) is 3.10. The van der Waals surface area contributed by atoms with E-state index in [1.165, 1.54) is 0 Å². The number of hydrogen-bond donors (Lipinski definition) is 2. The Balaban J connectivity index is 1.84. The van der Waals surface area contributed by atoms with Crippen molar-refractivity contribution >= 4 is 11.9 Å². The zero-order chi connectivity index (χ0) is 13.8. The minimum atomic E-state index is -0.805. The van der Waals surface area contributed by atoms with Gasteiger partial charge in [0.25, 0.3) is 0 Å². The van der Waals surface area contributed by atoms with Gasteiger partial charge in [0, 0.05) is 12.5 Å². The Morgan fingerprint density at radius 3 is 2.84 bits per heavy atom. The number of aromatic nitrogens is 3. The van der Waals surface area contributed by atoms with Crippen LogP contribution >= 0.6 is 0 Å². The number of nitrogens with zero attached hydrogens (tertiary/aromatic N) is 3. The lowest BCUT2D eigenvalue weighted by Gasteiger charge is -2.10. The molecule has 0 radical (unpaired) electrons. The molecule has 1 amide bonds. The zero-order valence-electron chi connectivity index (χ0n) is 10.9. The van der Waals surface area contributed by atoms with Gasteiger partial charge in [-0.15, -0.1) is 10.2 Å². The van der Waals surface area contributed by atoms with E-state index >= 15 is 0 Å². The van der Waals surface area contributed by atoms with Crippen LogP contribution in [0.1, 0.15) is 32.0 Å². The highest BCUT2D eigenvalue weighted by atomic mass is 16.4. The van der Waals surface area contributed by atoms with Crippen LogP contribution in [0.4, 0.5) is 0 Å². The van der Waals surface area contributed by atoms with Gasteiger partial charge in [0.15, 0.2) is 5.82 Å². The summed E-state index contributed by atoms with van der Waals surface area (Å²) in [6.45, 7) is 3.06. The second kappa shape index (κ2) is 5.81. The number of amides is 1. The maximum absolute atomic E-state index is 11.9. The summed E-state index contributed by atoms with van der Waals surface area (Å²) in [5, 5.41) is 19.4. The molecule has 1 aliphatic carbocycles. The molecular weight excluding hydrogens is 248 g/mol. The van der Waals surface area contributed by atoms with E-state index in [2.05, 4.69) is 15.5 Å². The fourth-order valence-corrected chi connectivity index (χ4v) is 2.43. The van der Waals surface area contributed by atoms with Gasteiger partial charge >= 0.3 is 5.97 Å². The van der Waals surface area contributed by atoms with Crippen molar-refractivity contribution in [2.75, 3.05) is 0 Å². The number of nitrogens with one attached hydrogen (secondary N) is 1. The normalized spacial score (nSPS) is 22.4. The van der Waals surface area contributed by atoms with Crippen molar-refractivity contribution in [1.29, 1.82) is 0 Å². The van der Waals surface area contributed by atoms with Crippen LogP contribution in [0.2, 0.25) is 0 Å². The highest BCUT2D eigenvalue weighted by Gasteiger charge is 2.33. The Morgan fingerprint density at radius 2 is 2.21 bits per heavy atom. The van der Waals surface area contributed by atoms with Crippen LogP contribution in [0.25, 0.3) is 0 Å². The number of carboxylic acid groups (broad SMARTS) is 1. The van der Waals surface area contributed by atoms with Crippen molar-refractivity contribution in [1.82, 2.24) is 20.1 Å². The number of carbonyl (C=O) groups excluding carboxylic acids is 1. The van der Waals surface area contributed by atoms with E-state index in [1.54, 1.807) is 6.33 Å². The average Bonchev–Trinajstić information content (AvgIpc) is 3.04. The first-order valence-corrected chi connectivity index (χ1v) is 6.49. The second-order valence-corrected chi connectivity index (χ2v) is 4.80. The molecule has 7 heteroatoms. The molecule has 0 aromatic carbocycles. The summed E-state index contributed by atoms with van der Waals surface area (Å²) in [6.07, 6.45) is 3.28. The summed E-state index contributed by atoms with van der Waals surface area (Å²) < 4.78 is 1.86. The molecule has 0 aliphatic heterocycles. The largest absolute Gasteiger partial charge is 0.481 e. The van der Waals surface area contributed by atoms with Gasteiger partial charge in [0.1, 0.15) is 6.33 Å². The quantitative estimate of drug-likeness (QED) is 0.804. The van der Waals surface area contributed by atoms with E-state index in [9.17, 15) is 9.59 Å². The van der Waals surface area contributed by atoms with Gasteiger partial charge in [-0.1, -0.05) is 0 Å².